The van der Waals surface area contributed by atoms with E-state index in [4.69, 9.17) is 0 Å². The van der Waals surface area contributed by atoms with Crippen molar-refractivity contribution >= 4 is 0 Å². The largest absolute Gasteiger partial charge is 0.508 e. The summed E-state index contributed by atoms with van der Waals surface area (Å²) in [5, 5.41) is 10.0. The highest BCUT2D eigenvalue weighted by Gasteiger charge is 2.07. The molecule has 0 aliphatic heterocycles. The van der Waals surface area contributed by atoms with Crippen LogP contribution in [0.1, 0.15) is 23.6 Å². The Hall–Kier alpha value is -2.02. The van der Waals surface area contributed by atoms with Crippen molar-refractivity contribution in [1.29, 1.82) is 0 Å². The van der Waals surface area contributed by atoms with Crippen LogP contribution in [0.15, 0.2) is 60.7 Å². The van der Waals surface area contributed by atoms with E-state index in [1.807, 2.05) is 37.3 Å². The molecular weight excluding hydrogens is 220 g/mol. The normalized spacial score (nSPS) is 10.9. The van der Waals surface area contributed by atoms with Crippen molar-refractivity contribution in [3.8, 4) is 5.75 Å². The highest BCUT2D eigenvalue weighted by atomic mass is 16.3. The number of rotatable bonds is 4. The zero-order valence-corrected chi connectivity index (χ0v) is 10.6. The van der Waals surface area contributed by atoms with E-state index in [1.165, 1.54) is 11.1 Å². The first-order valence-electron chi connectivity index (χ1n) is 6.26. The van der Waals surface area contributed by atoms with Gasteiger partial charge in [0.25, 0.3) is 0 Å². The van der Waals surface area contributed by atoms with E-state index in [0.29, 0.717) is 5.75 Å². The van der Waals surface area contributed by atoms with Gasteiger partial charge in [0.15, 0.2) is 0 Å². The van der Waals surface area contributed by atoms with E-state index in [1.54, 1.807) is 6.07 Å². The van der Waals surface area contributed by atoms with Crippen LogP contribution in [0, 0.1) is 0 Å². The molecule has 0 fully saturated rings. The minimum Gasteiger partial charge on any atom is -0.508 e. The summed E-state index contributed by atoms with van der Waals surface area (Å²) in [6.07, 6.45) is 5.80. The summed E-state index contributed by atoms with van der Waals surface area (Å²) >= 11 is 0. The predicted octanol–water partition coefficient (Wildman–Crippen LogP) is 4.10. The van der Waals surface area contributed by atoms with Crippen LogP contribution in [0.2, 0.25) is 0 Å². The topological polar surface area (TPSA) is 20.2 Å². The smallest absolute Gasteiger partial charge is 0.119 e. The fourth-order valence-corrected chi connectivity index (χ4v) is 2.06. The zero-order valence-electron chi connectivity index (χ0n) is 10.6. The standard InChI is InChI=1S/C17H18O/c1-2-3-10-15-11-7-12-17(18)16(15)13-14-8-5-4-6-9-14/h2-9,11-12,18H,10,13H2,1H3. The average Bonchev–Trinajstić information content (AvgIpc) is 2.41. The second-order valence-electron chi connectivity index (χ2n) is 4.35. The van der Waals surface area contributed by atoms with Crippen molar-refractivity contribution in [2.45, 2.75) is 19.8 Å². The number of aromatic hydroxyl groups is 1. The second kappa shape index (κ2) is 6.06. The molecule has 92 valence electrons. The molecule has 1 nitrogen and oxygen atoms in total. The monoisotopic (exact) mass is 238 g/mol. The summed E-state index contributed by atoms with van der Waals surface area (Å²) in [6, 6.07) is 16.0. The van der Waals surface area contributed by atoms with Gasteiger partial charge < -0.3 is 5.11 Å². The summed E-state index contributed by atoms with van der Waals surface area (Å²) < 4.78 is 0. The Morgan fingerprint density at radius 1 is 1.00 bits per heavy atom. The van der Waals surface area contributed by atoms with Gasteiger partial charge in [0.2, 0.25) is 0 Å². The third-order valence-corrected chi connectivity index (χ3v) is 3.05. The van der Waals surface area contributed by atoms with Crippen LogP contribution in [0.5, 0.6) is 5.75 Å². The molecular formula is C17H18O. The highest BCUT2D eigenvalue weighted by molar-refractivity contribution is 5.43. The zero-order chi connectivity index (χ0) is 12.8. The first-order chi connectivity index (χ1) is 8.81. The molecule has 0 atom stereocenters. The first kappa shape index (κ1) is 12.4. The average molecular weight is 238 g/mol. The maximum Gasteiger partial charge on any atom is 0.119 e. The molecule has 18 heavy (non-hydrogen) atoms. The van der Waals surface area contributed by atoms with Crippen molar-refractivity contribution in [3.63, 3.8) is 0 Å². The summed E-state index contributed by atoms with van der Waals surface area (Å²) in [4.78, 5) is 0. The van der Waals surface area contributed by atoms with Gasteiger partial charge in [-0.2, -0.15) is 0 Å². The van der Waals surface area contributed by atoms with Crippen LogP contribution in [-0.4, -0.2) is 5.11 Å². The molecule has 0 saturated carbocycles. The predicted molar refractivity (Wildman–Crippen MR) is 75.9 cm³/mol. The second-order valence-corrected chi connectivity index (χ2v) is 4.35. The van der Waals surface area contributed by atoms with Crippen LogP contribution in [-0.2, 0) is 12.8 Å². The van der Waals surface area contributed by atoms with Crippen LogP contribution < -0.4 is 0 Å². The van der Waals surface area contributed by atoms with Crippen LogP contribution in [0.4, 0.5) is 0 Å². The molecule has 0 radical (unpaired) electrons. The maximum absolute atomic E-state index is 10.0. The molecule has 0 unspecified atom stereocenters. The number of allylic oxidation sites excluding steroid dienone is 2. The molecule has 2 aromatic rings. The van der Waals surface area contributed by atoms with E-state index < -0.39 is 0 Å². The van der Waals surface area contributed by atoms with E-state index in [2.05, 4.69) is 24.3 Å². The van der Waals surface area contributed by atoms with Gasteiger partial charge in [-0.05, 0) is 30.5 Å². The molecule has 0 heterocycles. The molecule has 0 spiro atoms. The molecule has 2 rings (SSSR count). The van der Waals surface area contributed by atoms with Gasteiger partial charge in [0.1, 0.15) is 5.75 Å². The minimum absolute atomic E-state index is 0.390. The number of phenols is 1. The van der Waals surface area contributed by atoms with E-state index in [0.717, 1.165) is 18.4 Å². The van der Waals surface area contributed by atoms with Crippen LogP contribution in [0.3, 0.4) is 0 Å². The Kier molecular flexibility index (Phi) is 4.19. The molecule has 0 aliphatic rings. The molecule has 0 saturated heterocycles. The van der Waals surface area contributed by atoms with Gasteiger partial charge in [-0.25, -0.2) is 0 Å². The maximum atomic E-state index is 10.0. The molecule has 0 amide bonds. The number of phenolic OH excluding ortho intramolecular Hbond substituents is 1. The lowest BCUT2D eigenvalue weighted by molar-refractivity contribution is 0.468. The van der Waals surface area contributed by atoms with Gasteiger partial charge in [-0.15, -0.1) is 0 Å². The Morgan fingerprint density at radius 3 is 2.50 bits per heavy atom. The SMILES string of the molecule is CC=CCc1cccc(O)c1Cc1ccccc1. The van der Waals surface area contributed by atoms with Crippen molar-refractivity contribution in [2.75, 3.05) is 0 Å². The fraction of sp³-hybridized carbons (Fsp3) is 0.176. The molecule has 2 aromatic carbocycles. The Morgan fingerprint density at radius 2 is 1.78 bits per heavy atom. The summed E-state index contributed by atoms with van der Waals surface area (Å²) in [6.45, 7) is 2.01. The Labute approximate surface area is 108 Å². The van der Waals surface area contributed by atoms with Gasteiger partial charge in [-0.3, -0.25) is 0 Å². The first-order valence-corrected chi connectivity index (χ1v) is 6.26. The number of hydrogen-bond donors (Lipinski definition) is 1. The third kappa shape index (κ3) is 3.01. The number of benzene rings is 2. The molecule has 0 aliphatic carbocycles. The van der Waals surface area contributed by atoms with E-state index in [9.17, 15) is 5.11 Å². The van der Waals surface area contributed by atoms with Gasteiger partial charge in [0.05, 0.1) is 0 Å². The Balaban J connectivity index is 2.31. The fourth-order valence-electron chi connectivity index (χ4n) is 2.06. The third-order valence-electron chi connectivity index (χ3n) is 3.05. The van der Waals surface area contributed by atoms with Crippen molar-refractivity contribution in [1.82, 2.24) is 0 Å². The lowest BCUT2D eigenvalue weighted by Gasteiger charge is -2.10. The van der Waals surface area contributed by atoms with Crippen LogP contribution in [0.25, 0.3) is 0 Å². The molecule has 1 heteroatoms. The van der Waals surface area contributed by atoms with E-state index >= 15 is 0 Å². The minimum atomic E-state index is 0.390. The summed E-state index contributed by atoms with van der Waals surface area (Å²) in [5.41, 5.74) is 3.44. The highest BCUT2D eigenvalue weighted by Crippen LogP contribution is 2.24. The van der Waals surface area contributed by atoms with Gasteiger partial charge in [-0.1, -0.05) is 54.6 Å². The quantitative estimate of drug-likeness (QED) is 0.795. The lowest BCUT2D eigenvalue weighted by Crippen LogP contribution is -1.95. The molecule has 1 N–H and O–H groups in total. The lowest BCUT2D eigenvalue weighted by atomic mass is 9.97. The van der Waals surface area contributed by atoms with Crippen molar-refractivity contribution < 1.29 is 5.11 Å². The van der Waals surface area contributed by atoms with Crippen LogP contribution >= 0.6 is 0 Å². The molecule has 0 aromatic heterocycles. The van der Waals surface area contributed by atoms with Crippen molar-refractivity contribution in [3.05, 3.63) is 77.4 Å². The summed E-state index contributed by atoms with van der Waals surface area (Å²) in [5.74, 6) is 0.390. The number of hydrogen-bond acceptors (Lipinski definition) is 1. The van der Waals surface area contributed by atoms with Crippen molar-refractivity contribution in [2.24, 2.45) is 0 Å². The van der Waals surface area contributed by atoms with E-state index in [-0.39, 0.29) is 0 Å². The molecule has 0 bridgehead atoms. The summed E-state index contributed by atoms with van der Waals surface area (Å²) in [7, 11) is 0. The van der Waals surface area contributed by atoms with Gasteiger partial charge in [0, 0.05) is 12.0 Å². The van der Waals surface area contributed by atoms with Gasteiger partial charge >= 0.3 is 0 Å². The Bertz CT molecular complexity index is 527.